The van der Waals surface area contributed by atoms with Crippen molar-refractivity contribution < 1.29 is 0 Å². The number of hydrogen-bond donors (Lipinski definition) is 1. The molecule has 2 N–H and O–H groups in total. The molecule has 88 valence electrons. The number of rotatable bonds is 4. The molecule has 1 unspecified atom stereocenters. The Morgan fingerprint density at radius 2 is 1.82 bits per heavy atom. The van der Waals surface area contributed by atoms with Crippen molar-refractivity contribution in [3.8, 4) is 0 Å². The lowest BCUT2D eigenvalue weighted by atomic mass is 10.1. The fourth-order valence-electron chi connectivity index (χ4n) is 1.54. The molecule has 0 amide bonds. The molecule has 0 fully saturated rings. The molecule has 17 heavy (non-hydrogen) atoms. The van der Waals surface area contributed by atoms with Crippen LogP contribution in [0.25, 0.3) is 0 Å². The molecule has 2 aromatic rings. The predicted octanol–water partition coefficient (Wildman–Crippen LogP) is 4.13. The van der Waals surface area contributed by atoms with E-state index in [1.807, 2.05) is 42.5 Å². The summed E-state index contributed by atoms with van der Waals surface area (Å²) in [7, 11) is 0. The van der Waals surface area contributed by atoms with Crippen LogP contribution in [0.15, 0.2) is 59.5 Å². The van der Waals surface area contributed by atoms with Gasteiger partial charge in [0.15, 0.2) is 0 Å². The third-order valence-electron chi connectivity index (χ3n) is 2.45. The van der Waals surface area contributed by atoms with Gasteiger partial charge in [0, 0.05) is 21.7 Å². The molecule has 0 saturated carbocycles. The molecular weight excluding hydrogens is 250 g/mol. The van der Waals surface area contributed by atoms with Crippen molar-refractivity contribution in [2.75, 3.05) is 5.75 Å². The molecule has 0 bridgehead atoms. The summed E-state index contributed by atoms with van der Waals surface area (Å²) in [5.74, 6) is 0.852. The summed E-state index contributed by atoms with van der Waals surface area (Å²) in [6.07, 6.45) is 0. The van der Waals surface area contributed by atoms with Gasteiger partial charge in [-0.3, -0.25) is 0 Å². The molecule has 2 aromatic carbocycles. The summed E-state index contributed by atoms with van der Waals surface area (Å²) in [5.41, 5.74) is 7.30. The van der Waals surface area contributed by atoms with Crippen LogP contribution in [-0.4, -0.2) is 5.75 Å². The number of halogens is 1. The van der Waals surface area contributed by atoms with Gasteiger partial charge in [-0.2, -0.15) is 0 Å². The van der Waals surface area contributed by atoms with Crippen LogP contribution in [0.1, 0.15) is 11.6 Å². The van der Waals surface area contributed by atoms with Crippen LogP contribution >= 0.6 is 23.4 Å². The molecular formula is C14H14ClNS. The number of benzene rings is 2. The highest BCUT2D eigenvalue weighted by Gasteiger charge is 2.05. The topological polar surface area (TPSA) is 26.0 Å². The fourth-order valence-corrected chi connectivity index (χ4v) is 2.74. The lowest BCUT2D eigenvalue weighted by Gasteiger charge is -2.11. The van der Waals surface area contributed by atoms with Crippen molar-refractivity contribution in [3.05, 3.63) is 65.2 Å². The van der Waals surface area contributed by atoms with Gasteiger partial charge < -0.3 is 5.73 Å². The summed E-state index contributed by atoms with van der Waals surface area (Å²) in [6, 6.07) is 18.0. The van der Waals surface area contributed by atoms with Gasteiger partial charge in [0.25, 0.3) is 0 Å². The average molecular weight is 264 g/mol. The Morgan fingerprint density at radius 3 is 2.53 bits per heavy atom. The van der Waals surface area contributed by atoms with E-state index in [9.17, 15) is 0 Å². The summed E-state index contributed by atoms with van der Waals surface area (Å²) < 4.78 is 0. The summed E-state index contributed by atoms with van der Waals surface area (Å²) >= 11 is 7.66. The third-order valence-corrected chi connectivity index (χ3v) is 3.80. The standard InChI is InChI=1S/C14H14ClNS/c15-12-7-4-8-13(9-12)17-10-14(16)11-5-2-1-3-6-11/h1-9,14H,10,16H2. The van der Waals surface area contributed by atoms with E-state index in [2.05, 4.69) is 12.1 Å². The molecule has 1 nitrogen and oxygen atoms in total. The summed E-state index contributed by atoms with van der Waals surface area (Å²) in [4.78, 5) is 1.16. The Bertz CT molecular complexity index is 473. The van der Waals surface area contributed by atoms with E-state index in [1.54, 1.807) is 11.8 Å². The third kappa shape index (κ3) is 3.77. The van der Waals surface area contributed by atoms with Crippen LogP contribution in [0.5, 0.6) is 0 Å². The SMILES string of the molecule is NC(CSc1cccc(Cl)c1)c1ccccc1. The highest BCUT2D eigenvalue weighted by Crippen LogP contribution is 2.25. The van der Waals surface area contributed by atoms with Gasteiger partial charge in [0.05, 0.1) is 0 Å². The van der Waals surface area contributed by atoms with Gasteiger partial charge in [-0.05, 0) is 23.8 Å². The van der Waals surface area contributed by atoms with E-state index in [0.29, 0.717) is 0 Å². The minimum Gasteiger partial charge on any atom is -0.323 e. The normalized spacial score (nSPS) is 12.4. The largest absolute Gasteiger partial charge is 0.323 e. The molecule has 0 spiro atoms. The smallest absolute Gasteiger partial charge is 0.0417 e. The maximum Gasteiger partial charge on any atom is 0.0417 e. The maximum atomic E-state index is 6.13. The molecule has 0 aliphatic carbocycles. The second kappa shape index (κ2) is 6.10. The van der Waals surface area contributed by atoms with Gasteiger partial charge in [0.2, 0.25) is 0 Å². The number of thioether (sulfide) groups is 1. The Morgan fingerprint density at radius 1 is 1.06 bits per heavy atom. The molecule has 0 heterocycles. The Hall–Kier alpha value is -0.960. The van der Waals surface area contributed by atoms with Crippen LogP contribution in [0.2, 0.25) is 5.02 Å². The molecule has 2 rings (SSSR count). The number of hydrogen-bond acceptors (Lipinski definition) is 2. The lowest BCUT2D eigenvalue weighted by molar-refractivity contribution is 0.831. The summed E-state index contributed by atoms with van der Waals surface area (Å²) in [5, 5.41) is 0.767. The fraction of sp³-hybridized carbons (Fsp3) is 0.143. The molecule has 0 aliphatic rings. The minimum absolute atomic E-state index is 0.0557. The molecule has 0 radical (unpaired) electrons. The van der Waals surface area contributed by atoms with Gasteiger partial charge in [-0.15, -0.1) is 11.8 Å². The number of nitrogens with two attached hydrogens (primary N) is 1. The first kappa shape index (κ1) is 12.5. The molecule has 0 aromatic heterocycles. The first-order valence-corrected chi connectivity index (χ1v) is 6.81. The molecule has 1 atom stereocenters. The zero-order valence-corrected chi connectivity index (χ0v) is 10.9. The first-order valence-electron chi connectivity index (χ1n) is 5.44. The quantitative estimate of drug-likeness (QED) is 0.840. The van der Waals surface area contributed by atoms with Crippen LogP contribution in [0, 0.1) is 0 Å². The predicted molar refractivity (Wildman–Crippen MR) is 75.5 cm³/mol. The second-order valence-electron chi connectivity index (χ2n) is 3.79. The van der Waals surface area contributed by atoms with Crippen molar-refractivity contribution in [2.24, 2.45) is 5.73 Å². The van der Waals surface area contributed by atoms with E-state index < -0.39 is 0 Å². The maximum absolute atomic E-state index is 6.13. The van der Waals surface area contributed by atoms with Crippen LogP contribution in [-0.2, 0) is 0 Å². The van der Waals surface area contributed by atoms with Crippen LogP contribution in [0.3, 0.4) is 0 Å². The van der Waals surface area contributed by atoms with Gasteiger partial charge in [-0.25, -0.2) is 0 Å². The van der Waals surface area contributed by atoms with E-state index in [4.69, 9.17) is 17.3 Å². The Kier molecular flexibility index (Phi) is 4.49. The summed E-state index contributed by atoms with van der Waals surface area (Å²) in [6.45, 7) is 0. The van der Waals surface area contributed by atoms with Crippen molar-refractivity contribution >= 4 is 23.4 Å². The lowest BCUT2D eigenvalue weighted by Crippen LogP contribution is -2.12. The zero-order valence-electron chi connectivity index (χ0n) is 9.34. The second-order valence-corrected chi connectivity index (χ2v) is 5.32. The zero-order chi connectivity index (χ0) is 12.1. The van der Waals surface area contributed by atoms with E-state index in [1.165, 1.54) is 5.56 Å². The monoisotopic (exact) mass is 263 g/mol. The van der Waals surface area contributed by atoms with Crippen molar-refractivity contribution in [2.45, 2.75) is 10.9 Å². The molecule has 3 heteroatoms. The van der Waals surface area contributed by atoms with Gasteiger partial charge in [-0.1, -0.05) is 48.0 Å². The van der Waals surface area contributed by atoms with Crippen molar-refractivity contribution in [1.29, 1.82) is 0 Å². The Labute approximate surface area is 111 Å². The van der Waals surface area contributed by atoms with E-state index in [-0.39, 0.29) is 6.04 Å². The van der Waals surface area contributed by atoms with Crippen LogP contribution < -0.4 is 5.73 Å². The first-order chi connectivity index (χ1) is 8.25. The van der Waals surface area contributed by atoms with Crippen LogP contribution in [0.4, 0.5) is 0 Å². The average Bonchev–Trinajstić information content (AvgIpc) is 2.37. The minimum atomic E-state index is 0.0557. The van der Waals surface area contributed by atoms with Crippen molar-refractivity contribution in [3.63, 3.8) is 0 Å². The van der Waals surface area contributed by atoms with Gasteiger partial charge in [0.1, 0.15) is 0 Å². The Balaban J connectivity index is 1.95. The molecule has 0 aliphatic heterocycles. The highest BCUT2D eigenvalue weighted by molar-refractivity contribution is 7.99. The molecule has 0 saturated heterocycles. The van der Waals surface area contributed by atoms with Crippen molar-refractivity contribution in [1.82, 2.24) is 0 Å². The highest BCUT2D eigenvalue weighted by atomic mass is 35.5. The van der Waals surface area contributed by atoms with Gasteiger partial charge >= 0.3 is 0 Å². The van der Waals surface area contributed by atoms with E-state index in [0.717, 1.165) is 15.7 Å². The van der Waals surface area contributed by atoms with E-state index >= 15 is 0 Å².